The van der Waals surface area contributed by atoms with Crippen molar-refractivity contribution in [2.75, 3.05) is 19.0 Å². The summed E-state index contributed by atoms with van der Waals surface area (Å²) < 4.78 is 5.78. The number of anilines is 1. The van der Waals surface area contributed by atoms with Gasteiger partial charge < -0.3 is 15.0 Å². The number of quaternary nitrogens is 1. The van der Waals surface area contributed by atoms with E-state index in [9.17, 15) is 9.59 Å². The van der Waals surface area contributed by atoms with Gasteiger partial charge in [-0.3, -0.25) is 4.79 Å². The first-order valence-electron chi connectivity index (χ1n) is 8.12. The molecule has 2 N–H and O–H groups in total. The molecule has 1 aliphatic rings. The number of halogens is 1. The van der Waals surface area contributed by atoms with Crippen molar-refractivity contribution in [3.05, 3.63) is 64.1 Å². The molecule has 2 aromatic rings. The molecular weight excluding hydrogens is 384 g/mol. The lowest BCUT2D eigenvalue weighted by atomic mass is 9.94. The summed E-state index contributed by atoms with van der Waals surface area (Å²) in [7, 11) is 1.39. The number of hydrogen-bond donors (Lipinski definition) is 2. The van der Waals surface area contributed by atoms with Crippen LogP contribution in [0.25, 0.3) is 0 Å². The topological polar surface area (TPSA) is 59.8 Å². The maximum Gasteiger partial charge on any atom is 0.365 e. The summed E-state index contributed by atoms with van der Waals surface area (Å²) in [4.78, 5) is 25.6. The number of esters is 1. The Kier molecular flexibility index (Phi) is 5.50. The summed E-state index contributed by atoms with van der Waals surface area (Å²) >= 11 is 3.42. The van der Waals surface area contributed by atoms with Gasteiger partial charge >= 0.3 is 5.97 Å². The zero-order valence-corrected chi connectivity index (χ0v) is 15.5. The maximum absolute atomic E-state index is 12.5. The molecule has 6 heteroatoms. The van der Waals surface area contributed by atoms with E-state index in [1.807, 2.05) is 42.5 Å². The van der Waals surface area contributed by atoms with Gasteiger partial charge in [-0.1, -0.05) is 36.4 Å². The second kappa shape index (κ2) is 7.80. The number of para-hydroxylation sites is 1. The summed E-state index contributed by atoms with van der Waals surface area (Å²) in [6.45, 7) is 0.828. The van der Waals surface area contributed by atoms with Crippen molar-refractivity contribution >= 4 is 33.5 Å². The van der Waals surface area contributed by atoms with Gasteiger partial charge in [0.15, 0.2) is 12.6 Å². The average molecular weight is 404 g/mol. The van der Waals surface area contributed by atoms with E-state index in [0.29, 0.717) is 13.0 Å². The van der Waals surface area contributed by atoms with Crippen LogP contribution in [0.2, 0.25) is 0 Å². The molecule has 1 heterocycles. The third kappa shape index (κ3) is 4.08. The van der Waals surface area contributed by atoms with Gasteiger partial charge in [0, 0.05) is 16.5 Å². The van der Waals surface area contributed by atoms with E-state index in [2.05, 4.69) is 27.3 Å². The number of rotatable bonds is 4. The van der Waals surface area contributed by atoms with Gasteiger partial charge in [0.05, 0.1) is 12.8 Å². The van der Waals surface area contributed by atoms with Crippen LogP contribution in [0.4, 0.5) is 5.69 Å². The van der Waals surface area contributed by atoms with Crippen LogP contribution in [0.15, 0.2) is 53.0 Å². The Morgan fingerprint density at radius 3 is 2.56 bits per heavy atom. The summed E-state index contributed by atoms with van der Waals surface area (Å²) in [5.41, 5.74) is 3.04. The third-order valence-corrected chi connectivity index (χ3v) is 5.17. The fourth-order valence-electron chi connectivity index (χ4n) is 3.20. The van der Waals surface area contributed by atoms with Crippen molar-refractivity contribution < 1.29 is 19.2 Å². The van der Waals surface area contributed by atoms with E-state index in [4.69, 9.17) is 4.74 Å². The van der Waals surface area contributed by atoms with Gasteiger partial charge in [-0.05, 0) is 33.6 Å². The summed E-state index contributed by atoms with van der Waals surface area (Å²) in [6, 6.07) is 15.1. The Labute approximate surface area is 155 Å². The molecule has 0 bridgehead atoms. The molecule has 2 atom stereocenters. The molecular formula is C19H20BrN2O3+. The van der Waals surface area contributed by atoms with E-state index < -0.39 is 0 Å². The summed E-state index contributed by atoms with van der Waals surface area (Å²) in [5, 5.41) is 2.90. The fourth-order valence-corrected chi connectivity index (χ4v) is 3.59. The van der Waals surface area contributed by atoms with Crippen molar-refractivity contribution in [2.45, 2.75) is 19.0 Å². The molecule has 0 spiro atoms. The minimum Gasteiger partial charge on any atom is -0.465 e. The standard InChI is InChI=1S/C19H19BrN2O3/c1-25-19(24)17-10-13-6-2-3-7-14(13)11-22(17)12-18(23)21-16-9-5-4-8-15(16)20/h2-9,17H,10-12H2,1H3,(H,21,23)/p+1/t17-/m0/s1. The fraction of sp³-hybridized carbons (Fsp3) is 0.263. The van der Waals surface area contributed by atoms with E-state index >= 15 is 0 Å². The molecule has 5 nitrogen and oxygen atoms in total. The van der Waals surface area contributed by atoms with Crippen molar-refractivity contribution in [3.63, 3.8) is 0 Å². The van der Waals surface area contributed by atoms with Crippen LogP contribution in [0.1, 0.15) is 11.1 Å². The van der Waals surface area contributed by atoms with Crippen LogP contribution < -0.4 is 10.2 Å². The largest absolute Gasteiger partial charge is 0.465 e. The lowest BCUT2D eigenvalue weighted by Gasteiger charge is -2.31. The van der Waals surface area contributed by atoms with Crippen molar-refractivity contribution in [2.24, 2.45) is 0 Å². The first-order chi connectivity index (χ1) is 12.1. The number of carbonyl (C=O) groups excluding carboxylic acids is 2. The highest BCUT2D eigenvalue weighted by Gasteiger charge is 2.37. The second-order valence-corrected chi connectivity index (χ2v) is 6.94. The van der Waals surface area contributed by atoms with Crippen LogP contribution in [-0.2, 0) is 27.3 Å². The molecule has 1 unspecified atom stereocenters. The van der Waals surface area contributed by atoms with E-state index in [1.165, 1.54) is 12.7 Å². The summed E-state index contributed by atoms with van der Waals surface area (Å²) in [5.74, 6) is -0.409. The van der Waals surface area contributed by atoms with Crippen molar-refractivity contribution in [1.29, 1.82) is 0 Å². The quantitative estimate of drug-likeness (QED) is 0.761. The molecule has 1 amide bonds. The molecule has 0 aliphatic carbocycles. The van der Waals surface area contributed by atoms with E-state index in [1.54, 1.807) is 0 Å². The Balaban J connectivity index is 1.75. The zero-order valence-electron chi connectivity index (χ0n) is 13.9. The average Bonchev–Trinajstić information content (AvgIpc) is 2.62. The van der Waals surface area contributed by atoms with E-state index in [0.717, 1.165) is 20.6 Å². The van der Waals surface area contributed by atoms with Gasteiger partial charge in [0.1, 0.15) is 6.54 Å². The number of ether oxygens (including phenoxy) is 1. The van der Waals surface area contributed by atoms with Crippen LogP contribution in [-0.4, -0.2) is 31.6 Å². The molecule has 0 radical (unpaired) electrons. The predicted molar refractivity (Wildman–Crippen MR) is 98.3 cm³/mol. The number of nitrogens with one attached hydrogen (secondary N) is 2. The van der Waals surface area contributed by atoms with Crippen LogP contribution in [0, 0.1) is 0 Å². The molecule has 2 aromatic carbocycles. The van der Waals surface area contributed by atoms with Crippen LogP contribution in [0.5, 0.6) is 0 Å². The van der Waals surface area contributed by atoms with Gasteiger partial charge in [-0.15, -0.1) is 0 Å². The smallest absolute Gasteiger partial charge is 0.365 e. The number of methoxy groups -OCH3 is 1. The number of carbonyl (C=O) groups is 2. The Morgan fingerprint density at radius 1 is 1.16 bits per heavy atom. The number of fused-ring (bicyclic) bond motifs is 1. The predicted octanol–water partition coefficient (Wildman–Crippen LogP) is 1.57. The lowest BCUT2D eigenvalue weighted by molar-refractivity contribution is -0.924. The van der Waals surface area contributed by atoms with Crippen LogP contribution >= 0.6 is 15.9 Å². The minimum atomic E-state index is -0.370. The molecule has 0 saturated heterocycles. The SMILES string of the molecule is COC(=O)[C@@H]1Cc2ccccc2C[NH+]1CC(=O)Nc1ccccc1Br. The van der Waals surface area contributed by atoms with Crippen molar-refractivity contribution in [3.8, 4) is 0 Å². The van der Waals surface area contributed by atoms with E-state index in [-0.39, 0.29) is 24.5 Å². The monoisotopic (exact) mass is 403 g/mol. The Morgan fingerprint density at radius 2 is 1.84 bits per heavy atom. The first kappa shape index (κ1) is 17.6. The molecule has 0 fully saturated rings. The highest BCUT2D eigenvalue weighted by Crippen LogP contribution is 2.21. The number of benzene rings is 2. The summed E-state index contributed by atoms with van der Waals surface area (Å²) in [6.07, 6.45) is 0.584. The van der Waals surface area contributed by atoms with Gasteiger partial charge in [0.2, 0.25) is 0 Å². The van der Waals surface area contributed by atoms with Gasteiger partial charge in [0.25, 0.3) is 5.91 Å². The van der Waals surface area contributed by atoms with Crippen LogP contribution in [0.3, 0.4) is 0 Å². The van der Waals surface area contributed by atoms with Gasteiger partial charge in [-0.2, -0.15) is 0 Å². The van der Waals surface area contributed by atoms with Gasteiger partial charge in [-0.25, -0.2) is 4.79 Å². The highest BCUT2D eigenvalue weighted by atomic mass is 79.9. The Bertz CT molecular complexity index is 794. The zero-order chi connectivity index (χ0) is 17.8. The highest BCUT2D eigenvalue weighted by molar-refractivity contribution is 9.10. The number of amides is 1. The molecule has 0 aromatic heterocycles. The molecule has 1 aliphatic heterocycles. The molecule has 25 heavy (non-hydrogen) atoms. The normalized spacial score (nSPS) is 19.0. The van der Waals surface area contributed by atoms with Crippen molar-refractivity contribution in [1.82, 2.24) is 0 Å². The molecule has 130 valence electrons. The molecule has 0 saturated carbocycles. The first-order valence-corrected chi connectivity index (χ1v) is 8.91. The lowest BCUT2D eigenvalue weighted by Crippen LogP contribution is -3.17. The number of hydrogen-bond acceptors (Lipinski definition) is 3. The maximum atomic E-state index is 12.5. The molecule has 3 rings (SSSR count). The third-order valence-electron chi connectivity index (χ3n) is 4.47. The Hall–Kier alpha value is -2.18. The second-order valence-electron chi connectivity index (χ2n) is 6.09. The minimum absolute atomic E-state index is 0.129.